The SMILES string of the molecule is Cc1c(C(=O)O)sc2ncnc(NCc3ccsc3)c12. The molecule has 0 amide bonds. The van der Waals surface area contributed by atoms with Gasteiger partial charge in [0.1, 0.15) is 21.9 Å². The van der Waals surface area contributed by atoms with Crippen molar-refractivity contribution in [2.24, 2.45) is 0 Å². The first kappa shape index (κ1) is 13.0. The normalized spacial score (nSPS) is 10.8. The van der Waals surface area contributed by atoms with Crippen molar-refractivity contribution >= 4 is 44.7 Å². The second-order valence-corrected chi connectivity index (χ2v) is 6.03. The van der Waals surface area contributed by atoms with Crippen LogP contribution in [0.25, 0.3) is 10.2 Å². The Balaban J connectivity index is 2.00. The van der Waals surface area contributed by atoms with Crippen LogP contribution in [0.2, 0.25) is 0 Å². The van der Waals surface area contributed by atoms with Crippen LogP contribution in [0.3, 0.4) is 0 Å². The number of fused-ring (bicyclic) bond motifs is 1. The summed E-state index contributed by atoms with van der Waals surface area (Å²) in [7, 11) is 0. The van der Waals surface area contributed by atoms with Crippen LogP contribution >= 0.6 is 22.7 Å². The van der Waals surface area contributed by atoms with Gasteiger partial charge in [0.25, 0.3) is 0 Å². The summed E-state index contributed by atoms with van der Waals surface area (Å²) < 4.78 is 0. The molecule has 0 saturated carbocycles. The number of nitrogens with zero attached hydrogens (tertiary/aromatic N) is 2. The number of anilines is 1. The fraction of sp³-hybridized carbons (Fsp3) is 0.154. The average molecular weight is 305 g/mol. The number of aromatic nitrogens is 2. The molecule has 0 aliphatic rings. The molecule has 0 radical (unpaired) electrons. The van der Waals surface area contributed by atoms with E-state index >= 15 is 0 Å². The summed E-state index contributed by atoms with van der Waals surface area (Å²) in [6, 6.07) is 2.04. The third kappa shape index (κ3) is 2.25. The summed E-state index contributed by atoms with van der Waals surface area (Å²) >= 11 is 2.82. The van der Waals surface area contributed by atoms with E-state index in [0.29, 0.717) is 27.6 Å². The Morgan fingerprint density at radius 2 is 2.30 bits per heavy atom. The summed E-state index contributed by atoms with van der Waals surface area (Å²) in [4.78, 5) is 20.6. The highest BCUT2D eigenvalue weighted by molar-refractivity contribution is 7.20. The molecule has 3 aromatic rings. The number of carboxylic acid groups (broad SMARTS) is 1. The third-order valence-corrected chi connectivity index (χ3v) is 4.88. The summed E-state index contributed by atoms with van der Waals surface area (Å²) in [5.74, 6) is -0.239. The topological polar surface area (TPSA) is 75.1 Å². The maximum absolute atomic E-state index is 11.2. The second kappa shape index (κ2) is 5.18. The maximum atomic E-state index is 11.2. The van der Waals surface area contributed by atoms with Gasteiger partial charge in [-0.05, 0) is 34.9 Å². The van der Waals surface area contributed by atoms with Crippen molar-refractivity contribution in [1.29, 1.82) is 0 Å². The molecule has 2 N–H and O–H groups in total. The third-order valence-electron chi connectivity index (χ3n) is 2.96. The van der Waals surface area contributed by atoms with Crippen molar-refractivity contribution in [3.63, 3.8) is 0 Å². The Morgan fingerprint density at radius 3 is 3.00 bits per heavy atom. The van der Waals surface area contributed by atoms with Crippen LogP contribution in [0.4, 0.5) is 5.82 Å². The first-order valence-electron chi connectivity index (χ1n) is 5.89. The van der Waals surface area contributed by atoms with Crippen LogP contribution in [0, 0.1) is 6.92 Å². The molecule has 0 atom stereocenters. The van der Waals surface area contributed by atoms with Gasteiger partial charge in [-0.3, -0.25) is 0 Å². The number of nitrogens with one attached hydrogen (secondary N) is 1. The number of aryl methyl sites for hydroxylation is 1. The van der Waals surface area contributed by atoms with Crippen molar-refractivity contribution in [2.75, 3.05) is 5.32 Å². The van der Waals surface area contributed by atoms with E-state index in [2.05, 4.69) is 20.7 Å². The lowest BCUT2D eigenvalue weighted by Gasteiger charge is -2.05. The van der Waals surface area contributed by atoms with Crippen LogP contribution in [-0.4, -0.2) is 21.0 Å². The zero-order valence-electron chi connectivity index (χ0n) is 10.6. The van der Waals surface area contributed by atoms with E-state index in [1.54, 1.807) is 18.3 Å². The van der Waals surface area contributed by atoms with Gasteiger partial charge in [0.2, 0.25) is 0 Å². The van der Waals surface area contributed by atoms with Gasteiger partial charge in [0.05, 0.1) is 5.39 Å². The van der Waals surface area contributed by atoms with Gasteiger partial charge in [-0.25, -0.2) is 14.8 Å². The van der Waals surface area contributed by atoms with Crippen molar-refractivity contribution in [3.8, 4) is 0 Å². The van der Waals surface area contributed by atoms with Gasteiger partial charge < -0.3 is 10.4 Å². The first-order valence-corrected chi connectivity index (χ1v) is 7.65. The van der Waals surface area contributed by atoms with E-state index < -0.39 is 5.97 Å². The first-order chi connectivity index (χ1) is 9.66. The molecule has 20 heavy (non-hydrogen) atoms. The maximum Gasteiger partial charge on any atom is 0.346 e. The Hall–Kier alpha value is -1.99. The van der Waals surface area contributed by atoms with E-state index in [1.165, 1.54) is 23.2 Å². The van der Waals surface area contributed by atoms with Gasteiger partial charge in [0, 0.05) is 6.54 Å². The van der Waals surface area contributed by atoms with Crippen LogP contribution in [-0.2, 0) is 6.54 Å². The Kier molecular flexibility index (Phi) is 3.37. The molecule has 3 aromatic heterocycles. The highest BCUT2D eigenvalue weighted by atomic mass is 32.1. The van der Waals surface area contributed by atoms with E-state index in [0.717, 1.165) is 5.39 Å². The monoisotopic (exact) mass is 305 g/mol. The van der Waals surface area contributed by atoms with Crippen LogP contribution < -0.4 is 5.32 Å². The zero-order valence-corrected chi connectivity index (χ0v) is 12.2. The molecule has 7 heteroatoms. The Labute approximate surface area is 122 Å². The molecule has 102 valence electrons. The summed E-state index contributed by atoms with van der Waals surface area (Å²) in [5, 5.41) is 17.3. The van der Waals surface area contributed by atoms with Gasteiger partial charge in [-0.1, -0.05) is 0 Å². The largest absolute Gasteiger partial charge is 0.477 e. The average Bonchev–Trinajstić information content (AvgIpc) is 3.05. The van der Waals surface area contributed by atoms with E-state index in [-0.39, 0.29) is 0 Å². The molecule has 0 fully saturated rings. The summed E-state index contributed by atoms with van der Waals surface area (Å²) in [5.41, 5.74) is 1.89. The minimum atomic E-state index is -0.922. The Bertz CT molecular complexity index is 765. The van der Waals surface area contributed by atoms with E-state index in [1.807, 2.05) is 11.4 Å². The second-order valence-electron chi connectivity index (χ2n) is 4.25. The number of hydrogen-bond donors (Lipinski definition) is 2. The van der Waals surface area contributed by atoms with Crippen LogP contribution in [0.5, 0.6) is 0 Å². The van der Waals surface area contributed by atoms with Crippen molar-refractivity contribution < 1.29 is 9.90 Å². The quantitative estimate of drug-likeness (QED) is 0.773. The highest BCUT2D eigenvalue weighted by Crippen LogP contribution is 2.33. The minimum Gasteiger partial charge on any atom is -0.477 e. The zero-order chi connectivity index (χ0) is 14.1. The molecule has 0 unspecified atom stereocenters. The van der Waals surface area contributed by atoms with E-state index in [9.17, 15) is 9.90 Å². The molecule has 0 aromatic carbocycles. The molecule has 0 aliphatic carbocycles. The fourth-order valence-corrected chi connectivity index (χ4v) is 3.64. The van der Waals surface area contributed by atoms with Crippen LogP contribution in [0.15, 0.2) is 23.2 Å². The van der Waals surface area contributed by atoms with Gasteiger partial charge in [-0.2, -0.15) is 11.3 Å². The van der Waals surface area contributed by atoms with Crippen molar-refractivity contribution in [2.45, 2.75) is 13.5 Å². The number of carbonyl (C=O) groups is 1. The number of aromatic carboxylic acids is 1. The summed E-state index contributed by atoms with van der Waals surface area (Å²) in [6.07, 6.45) is 1.46. The van der Waals surface area contributed by atoms with Gasteiger partial charge in [-0.15, -0.1) is 11.3 Å². The fourth-order valence-electron chi connectivity index (χ4n) is 1.99. The lowest BCUT2D eigenvalue weighted by Crippen LogP contribution is -2.01. The predicted octanol–water partition coefficient (Wildman–Crippen LogP) is 3.37. The number of carboxylic acids is 1. The van der Waals surface area contributed by atoms with Crippen LogP contribution in [0.1, 0.15) is 20.8 Å². The lowest BCUT2D eigenvalue weighted by molar-refractivity contribution is 0.0701. The molecular weight excluding hydrogens is 294 g/mol. The molecule has 5 nitrogen and oxygen atoms in total. The van der Waals surface area contributed by atoms with E-state index in [4.69, 9.17) is 0 Å². The number of thiophene rings is 2. The lowest BCUT2D eigenvalue weighted by atomic mass is 10.2. The molecule has 3 rings (SSSR count). The Morgan fingerprint density at radius 1 is 1.45 bits per heavy atom. The predicted molar refractivity (Wildman–Crippen MR) is 80.8 cm³/mol. The van der Waals surface area contributed by atoms with Gasteiger partial charge >= 0.3 is 5.97 Å². The number of rotatable bonds is 4. The molecule has 0 bridgehead atoms. The van der Waals surface area contributed by atoms with Crippen molar-refractivity contribution in [3.05, 3.63) is 39.2 Å². The minimum absolute atomic E-state index is 0.319. The molecular formula is C13H11N3O2S2. The number of hydrogen-bond acceptors (Lipinski definition) is 6. The molecule has 0 saturated heterocycles. The summed E-state index contributed by atoms with van der Waals surface area (Å²) in [6.45, 7) is 2.45. The highest BCUT2D eigenvalue weighted by Gasteiger charge is 2.18. The molecule has 0 spiro atoms. The van der Waals surface area contributed by atoms with Crippen molar-refractivity contribution in [1.82, 2.24) is 9.97 Å². The standard InChI is InChI=1S/C13H11N3O2S2/c1-7-9-11(14-4-8-2-3-19-5-8)15-6-16-12(9)20-10(7)13(17)18/h2-3,5-6H,4H2,1H3,(H,17,18)(H,14,15,16). The molecule has 0 aliphatic heterocycles. The van der Waals surface area contributed by atoms with Gasteiger partial charge in [0.15, 0.2) is 0 Å². The smallest absolute Gasteiger partial charge is 0.346 e. The molecule has 3 heterocycles.